The van der Waals surface area contributed by atoms with Crippen LogP contribution in [0.15, 0.2) is 170 Å². The van der Waals surface area contributed by atoms with Crippen LogP contribution in [0.4, 0.5) is 0 Å². The highest BCUT2D eigenvalue weighted by molar-refractivity contribution is 6.21. The molecule has 0 aliphatic carbocycles. The van der Waals surface area contributed by atoms with Crippen molar-refractivity contribution in [2.75, 3.05) is 0 Å². The maximum Gasteiger partial charge on any atom is 0.145 e. The van der Waals surface area contributed by atoms with E-state index in [2.05, 4.69) is 0 Å². The molecule has 0 amide bonds. The number of para-hydroxylation sites is 2. The SMILES string of the molecule is [2H]c1c([2H])c([2H])c(-c2nc3ccccc3n2-c2ccc(-c3c4c([2H])c([2H])c([2H])c([2H])c4c(-c4ccc5ccccc5c4)c4c([2H])c([2H])c([2H])c([2H])c34)cc2)c([2H])c1[2H]. The zero-order valence-corrected chi connectivity index (χ0v) is 23.6. The lowest BCUT2D eigenvalue weighted by molar-refractivity contribution is 1.10. The van der Waals surface area contributed by atoms with Crippen molar-refractivity contribution >= 4 is 43.4 Å². The van der Waals surface area contributed by atoms with Gasteiger partial charge in [-0.3, -0.25) is 4.57 Å². The molecule has 0 saturated heterocycles. The number of rotatable bonds is 4. The summed E-state index contributed by atoms with van der Waals surface area (Å²) in [5.41, 5.74) is 2.79. The summed E-state index contributed by atoms with van der Waals surface area (Å²) >= 11 is 0. The fourth-order valence-electron chi connectivity index (χ4n) is 6.14. The largest absolute Gasteiger partial charge is 0.292 e. The first-order valence-corrected chi connectivity index (χ1v) is 14.3. The Labute approximate surface area is 279 Å². The van der Waals surface area contributed by atoms with Crippen LogP contribution in [0.1, 0.15) is 17.8 Å². The minimum absolute atomic E-state index is 0.0762. The quantitative estimate of drug-likeness (QED) is 0.188. The Balaban J connectivity index is 1.39. The van der Waals surface area contributed by atoms with Crippen molar-refractivity contribution in [1.82, 2.24) is 9.55 Å². The first-order chi connectivity index (χ1) is 27.7. The number of aromatic nitrogens is 2. The zero-order chi connectivity index (χ0) is 41.1. The van der Waals surface area contributed by atoms with Gasteiger partial charge in [0, 0.05) is 11.3 Å². The molecule has 0 atom stereocenters. The maximum atomic E-state index is 9.29. The normalized spacial score (nSPS) is 15.6. The number of nitrogens with zero attached hydrogens (tertiary/aromatic N) is 2. The average Bonchev–Trinajstić information content (AvgIpc) is 3.62. The number of imidazole rings is 1. The monoisotopic (exact) mass is 585 g/mol. The molecule has 0 N–H and O–H groups in total. The van der Waals surface area contributed by atoms with Crippen molar-refractivity contribution in [2.45, 2.75) is 0 Å². The Kier molecular flexibility index (Phi) is 3.59. The Morgan fingerprint density at radius 1 is 0.467 bits per heavy atom. The molecule has 2 nitrogen and oxygen atoms in total. The molecule has 0 unspecified atom stereocenters. The maximum absolute atomic E-state index is 9.29. The summed E-state index contributed by atoms with van der Waals surface area (Å²) in [6, 6.07) is 21.0. The van der Waals surface area contributed by atoms with Crippen LogP contribution in [0.2, 0.25) is 0 Å². The van der Waals surface area contributed by atoms with Crippen LogP contribution in [-0.2, 0) is 0 Å². The van der Waals surface area contributed by atoms with Gasteiger partial charge in [-0.2, -0.15) is 0 Å². The molecule has 0 spiro atoms. The van der Waals surface area contributed by atoms with Gasteiger partial charge in [0.25, 0.3) is 0 Å². The highest BCUT2D eigenvalue weighted by atomic mass is 15.1. The third-order valence-corrected chi connectivity index (χ3v) is 8.11. The highest BCUT2D eigenvalue weighted by Gasteiger charge is 2.18. The van der Waals surface area contributed by atoms with E-state index in [9.17, 15) is 5.48 Å². The van der Waals surface area contributed by atoms with E-state index in [4.69, 9.17) is 17.3 Å². The van der Waals surface area contributed by atoms with Crippen LogP contribution in [-0.4, -0.2) is 9.55 Å². The zero-order valence-electron chi connectivity index (χ0n) is 36.6. The fraction of sp³-hybridized carbons (Fsp3) is 0. The number of hydrogen-bond donors (Lipinski definition) is 0. The van der Waals surface area contributed by atoms with Crippen molar-refractivity contribution in [2.24, 2.45) is 0 Å². The van der Waals surface area contributed by atoms with E-state index in [1.54, 1.807) is 59.2 Å². The van der Waals surface area contributed by atoms with E-state index in [0.29, 0.717) is 27.8 Å². The molecule has 0 fully saturated rings. The van der Waals surface area contributed by atoms with Crippen molar-refractivity contribution in [3.05, 3.63) is 170 Å². The van der Waals surface area contributed by atoms with Gasteiger partial charge in [-0.1, -0.05) is 139 Å². The second-order valence-electron chi connectivity index (χ2n) is 10.6. The van der Waals surface area contributed by atoms with E-state index >= 15 is 0 Å². The minimum atomic E-state index is -0.534. The number of fused-ring (bicyclic) bond motifs is 4. The summed E-state index contributed by atoms with van der Waals surface area (Å²) in [5.74, 6) is 0.102. The molecule has 1 aromatic heterocycles. The van der Waals surface area contributed by atoms with Crippen molar-refractivity contribution in [3.63, 3.8) is 0 Å². The second kappa shape index (κ2) is 10.3. The summed E-state index contributed by atoms with van der Waals surface area (Å²) in [6.45, 7) is 0. The standard InChI is InChI=1S/C43H28N2/c1-2-13-31(14-3-1)43-44-39-20-10-11-21-40(39)45(43)34-26-24-30(25-27-34)41-35-16-6-8-18-37(35)42(38-19-9-7-17-36(38)41)33-23-22-29-12-4-5-15-32(29)28-33/h1-28H/i1D,2D,3D,6D,7D,8D,9D,13D,14D,16D,17D,18D,19D. The average molecular weight is 586 g/mol. The molecule has 1 heterocycles. The molecule has 210 valence electrons. The van der Waals surface area contributed by atoms with E-state index < -0.39 is 54.4 Å². The second-order valence-corrected chi connectivity index (χ2v) is 10.6. The molecule has 0 bridgehead atoms. The van der Waals surface area contributed by atoms with Gasteiger partial charge >= 0.3 is 0 Å². The van der Waals surface area contributed by atoms with Crippen LogP contribution < -0.4 is 0 Å². The molecule has 0 aliphatic rings. The van der Waals surface area contributed by atoms with Gasteiger partial charge in [0.05, 0.1) is 28.9 Å². The summed E-state index contributed by atoms with van der Waals surface area (Å²) in [7, 11) is 0. The molecular weight excluding hydrogens is 544 g/mol. The third kappa shape index (κ3) is 4.15. The highest BCUT2D eigenvalue weighted by Crippen LogP contribution is 2.44. The van der Waals surface area contributed by atoms with Gasteiger partial charge in [0.1, 0.15) is 5.82 Å². The van der Waals surface area contributed by atoms with Gasteiger partial charge in [-0.25, -0.2) is 4.98 Å². The topological polar surface area (TPSA) is 17.8 Å². The fourth-order valence-corrected chi connectivity index (χ4v) is 6.14. The Morgan fingerprint density at radius 3 is 1.71 bits per heavy atom. The molecule has 0 aliphatic heterocycles. The molecular formula is C43H28N2. The van der Waals surface area contributed by atoms with Crippen molar-refractivity contribution in [3.8, 4) is 39.3 Å². The lowest BCUT2D eigenvalue weighted by atomic mass is 9.85. The molecule has 45 heavy (non-hydrogen) atoms. The molecule has 2 heteroatoms. The molecule has 0 saturated carbocycles. The smallest absolute Gasteiger partial charge is 0.145 e. The van der Waals surface area contributed by atoms with Crippen LogP contribution in [0, 0.1) is 0 Å². The van der Waals surface area contributed by atoms with E-state index in [1.165, 1.54) is 0 Å². The van der Waals surface area contributed by atoms with E-state index in [0.717, 1.165) is 10.8 Å². The van der Waals surface area contributed by atoms with Gasteiger partial charge < -0.3 is 0 Å². The number of benzene rings is 8. The van der Waals surface area contributed by atoms with Crippen LogP contribution in [0.3, 0.4) is 0 Å². The Bertz CT molecular complexity index is 3160. The predicted molar refractivity (Wildman–Crippen MR) is 190 cm³/mol. The predicted octanol–water partition coefficient (Wildman–Crippen LogP) is 11.5. The van der Waals surface area contributed by atoms with Gasteiger partial charge in [-0.15, -0.1) is 0 Å². The summed E-state index contributed by atoms with van der Waals surface area (Å²) < 4.78 is 116. The summed E-state index contributed by atoms with van der Waals surface area (Å²) in [5, 5.41) is 2.10. The van der Waals surface area contributed by atoms with Gasteiger partial charge in [0.15, 0.2) is 0 Å². The van der Waals surface area contributed by atoms with Crippen molar-refractivity contribution < 1.29 is 17.8 Å². The summed E-state index contributed by atoms with van der Waals surface area (Å²) in [6.07, 6.45) is 0. The minimum Gasteiger partial charge on any atom is -0.292 e. The van der Waals surface area contributed by atoms with Crippen LogP contribution >= 0.6 is 0 Å². The third-order valence-electron chi connectivity index (χ3n) is 8.11. The molecule has 8 aromatic carbocycles. The van der Waals surface area contributed by atoms with Crippen LogP contribution in [0.25, 0.3) is 82.7 Å². The number of hydrogen-bond acceptors (Lipinski definition) is 1. The lowest BCUT2D eigenvalue weighted by Crippen LogP contribution is -1.97. The Morgan fingerprint density at radius 2 is 1.02 bits per heavy atom. The van der Waals surface area contributed by atoms with Crippen molar-refractivity contribution in [1.29, 1.82) is 0 Å². The molecule has 0 radical (unpaired) electrons. The van der Waals surface area contributed by atoms with Gasteiger partial charge in [0.2, 0.25) is 0 Å². The summed E-state index contributed by atoms with van der Waals surface area (Å²) in [4.78, 5) is 4.72. The van der Waals surface area contributed by atoms with Crippen LogP contribution in [0.5, 0.6) is 0 Å². The van der Waals surface area contributed by atoms with Gasteiger partial charge in [-0.05, 0) is 84.9 Å². The molecule has 9 aromatic rings. The first-order valence-electron chi connectivity index (χ1n) is 20.8. The lowest BCUT2D eigenvalue weighted by Gasteiger charge is -2.18. The van der Waals surface area contributed by atoms with E-state index in [1.807, 2.05) is 36.4 Å². The first kappa shape index (κ1) is 15.7. The Hall–Kier alpha value is -5.99. The van der Waals surface area contributed by atoms with E-state index in [-0.39, 0.29) is 68.2 Å². The molecule has 9 rings (SSSR count).